The molecular weight excluding hydrogens is 483 g/mol. The van der Waals surface area contributed by atoms with Crippen LogP contribution in [0.15, 0.2) is 29.3 Å². The number of pyridine rings is 1. The number of imidazole rings is 1. The minimum atomic E-state index is -4.51. The first-order valence-electron chi connectivity index (χ1n) is 13.7. The summed E-state index contributed by atoms with van der Waals surface area (Å²) >= 11 is 0. The molecule has 204 valence electrons. The van der Waals surface area contributed by atoms with Gasteiger partial charge in [0.25, 0.3) is 0 Å². The number of alkyl halides is 3. The molecule has 11 heteroatoms. The molecule has 0 radical (unpaired) electrons. The zero-order valence-electron chi connectivity index (χ0n) is 21.3. The number of nitrogens with zero attached hydrogens (tertiary/aromatic N) is 3. The molecule has 4 fully saturated rings. The largest absolute Gasteiger partial charge is 0.418 e. The molecule has 2 aliphatic carbocycles. The number of fused-ring (bicyclic) bond motifs is 1. The Morgan fingerprint density at radius 1 is 1.05 bits per heavy atom. The quantitative estimate of drug-likeness (QED) is 0.485. The second-order valence-corrected chi connectivity index (χ2v) is 11.7. The van der Waals surface area contributed by atoms with Gasteiger partial charge in [0.1, 0.15) is 0 Å². The van der Waals surface area contributed by atoms with Crippen molar-refractivity contribution in [3.05, 3.63) is 40.6 Å². The van der Waals surface area contributed by atoms with E-state index in [1.807, 2.05) is 0 Å². The van der Waals surface area contributed by atoms with Gasteiger partial charge in [-0.05, 0) is 68.0 Å². The Morgan fingerprint density at radius 3 is 2.49 bits per heavy atom. The van der Waals surface area contributed by atoms with E-state index in [0.717, 1.165) is 51.8 Å². The Morgan fingerprint density at radius 2 is 1.84 bits per heavy atom. The Labute approximate surface area is 214 Å². The van der Waals surface area contributed by atoms with Crippen LogP contribution in [0.4, 0.5) is 13.2 Å². The molecular formula is C26H38F3N7O. The van der Waals surface area contributed by atoms with E-state index in [2.05, 4.69) is 33.4 Å². The van der Waals surface area contributed by atoms with Crippen molar-refractivity contribution in [2.75, 3.05) is 33.5 Å². The maximum Gasteiger partial charge on any atom is 0.418 e. The topological polar surface area (TPSA) is 77.8 Å². The van der Waals surface area contributed by atoms with Crippen molar-refractivity contribution in [1.82, 2.24) is 35.4 Å². The molecule has 6 rings (SSSR count). The molecule has 4 N–H and O–H groups in total. The van der Waals surface area contributed by atoms with Gasteiger partial charge in [0.05, 0.1) is 23.9 Å². The first-order valence-corrected chi connectivity index (χ1v) is 13.7. The lowest BCUT2D eigenvalue weighted by Gasteiger charge is -2.49. The van der Waals surface area contributed by atoms with Gasteiger partial charge < -0.3 is 10.6 Å². The molecule has 2 saturated carbocycles. The second-order valence-electron chi connectivity index (χ2n) is 11.7. The van der Waals surface area contributed by atoms with E-state index in [1.165, 1.54) is 42.1 Å². The lowest BCUT2D eigenvalue weighted by molar-refractivity contribution is -0.136. The van der Waals surface area contributed by atoms with Gasteiger partial charge in [-0.1, -0.05) is 19.3 Å². The maximum absolute atomic E-state index is 13.8. The van der Waals surface area contributed by atoms with E-state index in [-0.39, 0.29) is 23.4 Å². The summed E-state index contributed by atoms with van der Waals surface area (Å²) in [6.45, 7) is 3.45. The van der Waals surface area contributed by atoms with Crippen molar-refractivity contribution in [2.24, 2.45) is 29.6 Å². The standard InChI is InChI=1S/C26H38F3N7O/c1-34-15-32-33-24(34)23(16-4-2-5-16)18-8-17(19-11-30-14-31-12-19)9-20(10-18)36-13-22-21(26(27,28)29)6-3-7-35(22)25(36)37/h3,6-7,13,16-20,23-24,30-33H,2,4-5,8-12,14-15H2,1H3/t17?,18?,20?,23-,24?/m1/s1. The fourth-order valence-corrected chi connectivity index (χ4v) is 7.54. The van der Waals surface area contributed by atoms with Crippen LogP contribution in [0.25, 0.3) is 5.52 Å². The molecule has 0 amide bonds. The molecule has 37 heavy (non-hydrogen) atoms. The second kappa shape index (κ2) is 10.00. The summed E-state index contributed by atoms with van der Waals surface area (Å²) in [7, 11) is 2.14. The smallest absolute Gasteiger partial charge is 0.304 e. The van der Waals surface area contributed by atoms with Crippen molar-refractivity contribution in [1.29, 1.82) is 0 Å². The third-order valence-electron chi connectivity index (χ3n) is 9.56. The molecule has 2 aliphatic heterocycles. The molecule has 0 spiro atoms. The first kappa shape index (κ1) is 25.4. The predicted octanol–water partition coefficient (Wildman–Crippen LogP) is 2.58. The lowest BCUT2D eigenvalue weighted by atomic mass is 9.61. The van der Waals surface area contributed by atoms with Crippen molar-refractivity contribution in [3.8, 4) is 0 Å². The van der Waals surface area contributed by atoms with E-state index >= 15 is 0 Å². The van der Waals surface area contributed by atoms with Gasteiger partial charge in [-0.2, -0.15) is 13.2 Å². The SMILES string of the molecule is CN1CNNC1[C@H](C1CCC1)C1CC(C2CNCNC2)CC(n2cc3c(C(F)(F)F)cccn3c2=O)C1. The van der Waals surface area contributed by atoms with Crippen molar-refractivity contribution in [3.63, 3.8) is 0 Å². The average molecular weight is 522 g/mol. The van der Waals surface area contributed by atoms with Gasteiger partial charge in [0.15, 0.2) is 0 Å². The highest BCUT2D eigenvalue weighted by Crippen LogP contribution is 2.49. The van der Waals surface area contributed by atoms with E-state index in [9.17, 15) is 18.0 Å². The summed E-state index contributed by atoms with van der Waals surface area (Å²) in [5, 5.41) is 6.91. The summed E-state index contributed by atoms with van der Waals surface area (Å²) < 4.78 is 44.1. The molecule has 2 aromatic heterocycles. The van der Waals surface area contributed by atoms with Crippen LogP contribution in [0.3, 0.4) is 0 Å². The molecule has 4 unspecified atom stereocenters. The third-order valence-corrected chi connectivity index (χ3v) is 9.56. The monoisotopic (exact) mass is 521 g/mol. The normalized spacial score (nSPS) is 31.6. The van der Waals surface area contributed by atoms with Gasteiger partial charge in [0.2, 0.25) is 0 Å². The number of aromatic nitrogens is 2. The summed E-state index contributed by atoms with van der Waals surface area (Å²) in [6, 6.07) is 2.25. The summed E-state index contributed by atoms with van der Waals surface area (Å²) in [5.74, 6) is 2.28. The fourth-order valence-electron chi connectivity index (χ4n) is 7.54. The minimum Gasteiger partial charge on any atom is -0.304 e. The molecule has 2 saturated heterocycles. The Hall–Kier alpha value is -1.92. The lowest BCUT2D eigenvalue weighted by Crippen LogP contribution is -2.52. The molecule has 8 nitrogen and oxygen atoms in total. The van der Waals surface area contributed by atoms with E-state index < -0.39 is 11.7 Å². The van der Waals surface area contributed by atoms with Crippen molar-refractivity contribution in [2.45, 2.75) is 56.9 Å². The van der Waals surface area contributed by atoms with Gasteiger partial charge >= 0.3 is 11.9 Å². The molecule has 0 aromatic carbocycles. The zero-order chi connectivity index (χ0) is 25.7. The number of hydrogen-bond donors (Lipinski definition) is 4. The van der Waals surface area contributed by atoms with Crippen LogP contribution >= 0.6 is 0 Å². The van der Waals surface area contributed by atoms with Crippen molar-refractivity contribution >= 4 is 5.52 Å². The maximum atomic E-state index is 13.8. The van der Waals surface area contributed by atoms with Gasteiger partial charge in [-0.3, -0.25) is 13.9 Å². The number of nitrogens with one attached hydrogen (secondary N) is 4. The van der Waals surface area contributed by atoms with E-state index in [0.29, 0.717) is 29.6 Å². The number of rotatable bonds is 5. The highest BCUT2D eigenvalue weighted by molar-refractivity contribution is 5.55. The van der Waals surface area contributed by atoms with Crippen molar-refractivity contribution < 1.29 is 13.2 Å². The summed E-state index contributed by atoms with van der Waals surface area (Å²) in [6.07, 6.45) is 5.05. The average Bonchev–Trinajstić information content (AvgIpc) is 3.43. The van der Waals surface area contributed by atoms with E-state index in [1.54, 1.807) is 4.57 Å². The van der Waals surface area contributed by atoms with Gasteiger partial charge in [0, 0.05) is 38.2 Å². The Kier molecular flexibility index (Phi) is 6.85. The number of hydrogen-bond acceptors (Lipinski definition) is 6. The van der Waals surface area contributed by atoms with Crippen LogP contribution in [0.1, 0.15) is 50.1 Å². The fraction of sp³-hybridized carbons (Fsp3) is 0.731. The molecule has 2 aromatic rings. The van der Waals surface area contributed by atoms with Crippen LogP contribution in [-0.4, -0.2) is 53.5 Å². The van der Waals surface area contributed by atoms with Crippen LogP contribution in [-0.2, 0) is 6.18 Å². The number of halogens is 3. The highest BCUT2D eigenvalue weighted by Gasteiger charge is 2.46. The van der Waals surface area contributed by atoms with Gasteiger partial charge in [-0.15, -0.1) is 0 Å². The summed E-state index contributed by atoms with van der Waals surface area (Å²) in [4.78, 5) is 15.8. The Balaban J connectivity index is 1.38. The first-order chi connectivity index (χ1) is 17.8. The van der Waals surface area contributed by atoms with Gasteiger partial charge in [-0.25, -0.2) is 15.6 Å². The predicted molar refractivity (Wildman–Crippen MR) is 134 cm³/mol. The molecule has 4 heterocycles. The number of hydrazine groups is 1. The van der Waals surface area contributed by atoms with Crippen LogP contribution in [0, 0.1) is 29.6 Å². The van der Waals surface area contributed by atoms with Crippen LogP contribution < -0.4 is 27.2 Å². The minimum absolute atomic E-state index is 0.0587. The highest BCUT2D eigenvalue weighted by atomic mass is 19.4. The molecule has 5 atom stereocenters. The zero-order valence-corrected chi connectivity index (χ0v) is 21.3. The summed E-state index contributed by atoms with van der Waals surface area (Å²) in [5.41, 5.74) is 5.62. The van der Waals surface area contributed by atoms with Crippen LogP contribution in [0.5, 0.6) is 0 Å². The van der Waals surface area contributed by atoms with E-state index in [4.69, 9.17) is 0 Å². The molecule has 4 aliphatic rings. The molecule has 0 bridgehead atoms. The van der Waals surface area contributed by atoms with Crippen LogP contribution in [0.2, 0.25) is 0 Å². The Bertz CT molecular complexity index is 1150. The third kappa shape index (κ3) is 4.73.